The third kappa shape index (κ3) is 3.55. The molecule has 2 saturated heterocycles. The van der Waals surface area contributed by atoms with E-state index in [2.05, 4.69) is 0 Å². The number of para-hydroxylation sites is 1. The number of halogens is 1. The van der Waals surface area contributed by atoms with E-state index in [4.69, 9.17) is 19.0 Å². The van der Waals surface area contributed by atoms with Crippen molar-refractivity contribution in [1.82, 2.24) is 0 Å². The Bertz CT molecular complexity index is 1280. The highest BCUT2D eigenvalue weighted by Gasteiger charge is 2.61. The van der Waals surface area contributed by atoms with E-state index in [0.717, 1.165) is 11.0 Å². The van der Waals surface area contributed by atoms with Gasteiger partial charge in [-0.25, -0.2) is 14.4 Å². The van der Waals surface area contributed by atoms with Crippen LogP contribution in [0.5, 0.6) is 17.2 Å². The SMILES string of the molecule is COc1ccc([C@@H]2[C@@H]3C(=O)N(c4cccc(F)c4)C(=O)[C@@H]3ON2c2ccccc2)c(OC)c1OC. The Morgan fingerprint density at radius 3 is 2.17 bits per heavy atom. The van der Waals surface area contributed by atoms with Gasteiger partial charge in [0.25, 0.3) is 5.91 Å². The second-order valence-electron chi connectivity index (χ2n) is 8.07. The number of amides is 2. The molecule has 2 aliphatic heterocycles. The maximum absolute atomic E-state index is 13.9. The van der Waals surface area contributed by atoms with E-state index in [1.54, 1.807) is 17.2 Å². The maximum Gasteiger partial charge on any atom is 0.266 e. The smallest absolute Gasteiger partial charge is 0.266 e. The number of benzene rings is 3. The van der Waals surface area contributed by atoms with Gasteiger partial charge in [0.15, 0.2) is 17.6 Å². The molecule has 0 bridgehead atoms. The van der Waals surface area contributed by atoms with Gasteiger partial charge in [-0.1, -0.05) is 24.3 Å². The minimum absolute atomic E-state index is 0.155. The number of imide groups is 1. The molecule has 2 fully saturated rings. The molecule has 2 aliphatic rings. The molecule has 3 aromatic rings. The number of hydroxylamine groups is 1. The van der Waals surface area contributed by atoms with Crippen LogP contribution in [-0.2, 0) is 14.4 Å². The molecule has 180 valence electrons. The molecule has 2 amide bonds. The highest BCUT2D eigenvalue weighted by atomic mass is 19.1. The summed E-state index contributed by atoms with van der Waals surface area (Å²) in [7, 11) is 4.49. The van der Waals surface area contributed by atoms with Gasteiger partial charge in [-0.3, -0.25) is 14.4 Å². The summed E-state index contributed by atoms with van der Waals surface area (Å²) in [6.45, 7) is 0. The zero-order valence-corrected chi connectivity index (χ0v) is 19.3. The Morgan fingerprint density at radius 1 is 0.800 bits per heavy atom. The van der Waals surface area contributed by atoms with Crippen LogP contribution in [0.15, 0.2) is 66.7 Å². The number of nitrogens with zero attached hydrogens (tertiary/aromatic N) is 2. The first-order valence-electron chi connectivity index (χ1n) is 10.9. The number of fused-ring (bicyclic) bond motifs is 1. The fraction of sp³-hybridized carbons (Fsp3) is 0.231. The Morgan fingerprint density at radius 2 is 1.51 bits per heavy atom. The summed E-state index contributed by atoms with van der Waals surface area (Å²) in [4.78, 5) is 34.2. The van der Waals surface area contributed by atoms with Crippen LogP contribution < -0.4 is 24.2 Å². The van der Waals surface area contributed by atoms with Gasteiger partial charge in [0.2, 0.25) is 11.7 Å². The first kappa shape index (κ1) is 22.7. The molecule has 3 atom stereocenters. The molecule has 9 heteroatoms. The van der Waals surface area contributed by atoms with Crippen LogP contribution in [0.3, 0.4) is 0 Å². The molecule has 0 radical (unpaired) electrons. The molecular formula is C26H23FN2O6. The molecule has 0 N–H and O–H groups in total. The molecule has 0 aromatic heterocycles. The topological polar surface area (TPSA) is 77.5 Å². The van der Waals surface area contributed by atoms with E-state index in [9.17, 15) is 14.0 Å². The van der Waals surface area contributed by atoms with Gasteiger partial charge in [0.05, 0.1) is 32.7 Å². The van der Waals surface area contributed by atoms with Crippen molar-refractivity contribution in [2.45, 2.75) is 12.1 Å². The van der Waals surface area contributed by atoms with Crippen molar-refractivity contribution in [1.29, 1.82) is 0 Å². The van der Waals surface area contributed by atoms with E-state index in [-0.39, 0.29) is 5.69 Å². The van der Waals surface area contributed by atoms with Crippen LogP contribution in [0, 0.1) is 11.7 Å². The largest absolute Gasteiger partial charge is 0.493 e. The van der Waals surface area contributed by atoms with Gasteiger partial charge < -0.3 is 14.2 Å². The van der Waals surface area contributed by atoms with E-state index in [1.807, 2.05) is 30.3 Å². The van der Waals surface area contributed by atoms with Gasteiger partial charge in [-0.05, 0) is 42.5 Å². The van der Waals surface area contributed by atoms with E-state index in [0.29, 0.717) is 28.5 Å². The minimum Gasteiger partial charge on any atom is -0.493 e. The molecule has 0 aliphatic carbocycles. The molecule has 5 rings (SSSR count). The lowest BCUT2D eigenvalue weighted by Crippen LogP contribution is -2.37. The predicted octanol–water partition coefficient (Wildman–Crippen LogP) is 3.90. The fourth-order valence-corrected chi connectivity index (χ4v) is 4.76. The number of hydrogen-bond acceptors (Lipinski definition) is 7. The van der Waals surface area contributed by atoms with Crippen LogP contribution in [0.25, 0.3) is 0 Å². The third-order valence-corrected chi connectivity index (χ3v) is 6.25. The highest BCUT2D eigenvalue weighted by molar-refractivity contribution is 6.24. The lowest BCUT2D eigenvalue weighted by atomic mass is 9.89. The van der Waals surface area contributed by atoms with Gasteiger partial charge >= 0.3 is 0 Å². The summed E-state index contributed by atoms with van der Waals surface area (Å²) < 4.78 is 30.6. The zero-order valence-electron chi connectivity index (χ0n) is 19.3. The molecule has 2 heterocycles. The number of carbonyl (C=O) groups excluding carboxylic acids is 2. The molecule has 3 aromatic carbocycles. The van der Waals surface area contributed by atoms with Crippen molar-refractivity contribution in [3.8, 4) is 17.2 Å². The van der Waals surface area contributed by atoms with Gasteiger partial charge in [-0.2, -0.15) is 0 Å². The Hall–Kier alpha value is -4.11. The van der Waals surface area contributed by atoms with Crippen LogP contribution >= 0.6 is 0 Å². The first-order chi connectivity index (χ1) is 17.0. The zero-order chi connectivity index (χ0) is 24.7. The number of rotatable bonds is 6. The number of hydrogen-bond donors (Lipinski definition) is 0. The first-order valence-corrected chi connectivity index (χ1v) is 10.9. The van der Waals surface area contributed by atoms with Crippen molar-refractivity contribution in [3.63, 3.8) is 0 Å². The summed E-state index contributed by atoms with van der Waals surface area (Å²) >= 11 is 0. The van der Waals surface area contributed by atoms with Crippen LogP contribution in [0.1, 0.15) is 11.6 Å². The maximum atomic E-state index is 13.9. The van der Waals surface area contributed by atoms with E-state index >= 15 is 0 Å². The van der Waals surface area contributed by atoms with Crippen LogP contribution in [0.2, 0.25) is 0 Å². The van der Waals surface area contributed by atoms with Crippen molar-refractivity contribution in [2.75, 3.05) is 31.3 Å². The van der Waals surface area contributed by atoms with Crippen molar-refractivity contribution >= 4 is 23.2 Å². The summed E-state index contributed by atoms with van der Waals surface area (Å²) in [5.74, 6) is -1.37. The van der Waals surface area contributed by atoms with Crippen LogP contribution in [-0.4, -0.2) is 39.2 Å². The molecule has 0 unspecified atom stereocenters. The van der Waals surface area contributed by atoms with E-state index in [1.165, 1.54) is 39.5 Å². The second kappa shape index (κ2) is 8.92. The molecule has 8 nitrogen and oxygen atoms in total. The van der Waals surface area contributed by atoms with Crippen LogP contribution in [0.4, 0.5) is 15.8 Å². The second-order valence-corrected chi connectivity index (χ2v) is 8.07. The predicted molar refractivity (Wildman–Crippen MR) is 125 cm³/mol. The number of methoxy groups -OCH3 is 3. The summed E-state index contributed by atoms with van der Waals surface area (Å²) in [6, 6.07) is 17.2. The summed E-state index contributed by atoms with van der Waals surface area (Å²) in [6.07, 6.45) is -1.10. The molecule has 35 heavy (non-hydrogen) atoms. The minimum atomic E-state index is -1.10. The average Bonchev–Trinajstić information content (AvgIpc) is 3.39. The van der Waals surface area contributed by atoms with Crippen molar-refractivity contribution in [2.24, 2.45) is 5.92 Å². The van der Waals surface area contributed by atoms with Gasteiger partial charge in [0, 0.05) is 5.56 Å². The molecule has 0 spiro atoms. The number of ether oxygens (including phenoxy) is 3. The normalized spacial score (nSPS) is 21.3. The Kier molecular flexibility index (Phi) is 5.78. The third-order valence-electron chi connectivity index (χ3n) is 6.25. The molecule has 0 saturated carbocycles. The Balaban J connectivity index is 1.66. The number of anilines is 2. The quantitative estimate of drug-likeness (QED) is 0.498. The standard InChI is InChI=1S/C26H23FN2O6/c1-32-19-13-12-18(22(33-2)23(19)34-3)21-20-24(35-29(21)16-9-5-4-6-10-16)26(31)28(25(20)30)17-11-7-8-15(27)14-17/h4-14,20-21,24H,1-3H3/t20-,21+,24+/m0/s1. The molecular weight excluding hydrogens is 455 g/mol. The lowest BCUT2D eigenvalue weighted by Gasteiger charge is -2.30. The van der Waals surface area contributed by atoms with E-state index < -0.39 is 35.7 Å². The van der Waals surface area contributed by atoms with Crippen molar-refractivity contribution < 1.29 is 33.0 Å². The van der Waals surface area contributed by atoms with Gasteiger partial charge in [0.1, 0.15) is 17.8 Å². The Labute approximate surface area is 201 Å². The monoisotopic (exact) mass is 478 g/mol. The van der Waals surface area contributed by atoms with Crippen molar-refractivity contribution in [3.05, 3.63) is 78.1 Å². The van der Waals surface area contributed by atoms with Gasteiger partial charge in [-0.15, -0.1) is 0 Å². The highest BCUT2D eigenvalue weighted by Crippen LogP contribution is 2.52. The summed E-state index contributed by atoms with van der Waals surface area (Å²) in [5, 5.41) is 1.55. The average molecular weight is 478 g/mol. The number of carbonyl (C=O) groups is 2. The lowest BCUT2D eigenvalue weighted by molar-refractivity contribution is -0.126. The summed E-state index contributed by atoms with van der Waals surface area (Å²) in [5.41, 5.74) is 1.38. The fourth-order valence-electron chi connectivity index (χ4n) is 4.76.